The second-order valence-corrected chi connectivity index (χ2v) is 10.1. The van der Waals surface area contributed by atoms with E-state index in [0.717, 1.165) is 56.4 Å². The molecule has 28 heavy (non-hydrogen) atoms. The number of ether oxygens (including phenoxy) is 1. The van der Waals surface area contributed by atoms with Crippen molar-refractivity contribution in [1.29, 1.82) is 0 Å². The molecule has 0 saturated carbocycles. The number of rotatable bonds is 2. The third-order valence-electron chi connectivity index (χ3n) is 5.64. The summed E-state index contributed by atoms with van der Waals surface area (Å²) >= 11 is 0. The first kappa shape index (κ1) is 21.0. The normalized spacial score (nSPS) is 19.8. The van der Waals surface area contributed by atoms with Crippen LogP contribution in [-0.2, 0) is 20.4 Å². The molecular weight excluding hydrogens is 352 g/mol. The minimum atomic E-state index is -0.0966. The van der Waals surface area contributed by atoms with Gasteiger partial charge in [-0.05, 0) is 12.8 Å². The zero-order chi connectivity index (χ0) is 20.5. The van der Waals surface area contributed by atoms with Crippen molar-refractivity contribution in [3.05, 3.63) is 17.6 Å². The highest BCUT2D eigenvalue weighted by molar-refractivity contribution is 5.79. The van der Waals surface area contributed by atoms with E-state index in [9.17, 15) is 4.79 Å². The van der Waals surface area contributed by atoms with Crippen LogP contribution in [0, 0.1) is 5.92 Å². The summed E-state index contributed by atoms with van der Waals surface area (Å²) in [6.45, 7) is 17.6. The molecule has 2 saturated heterocycles. The Morgan fingerprint density at radius 1 is 0.964 bits per heavy atom. The Hall–Kier alpha value is -1.69. The molecule has 0 aliphatic carbocycles. The van der Waals surface area contributed by atoms with Crippen LogP contribution in [0.5, 0.6) is 0 Å². The number of amides is 1. The van der Waals surface area contributed by atoms with Crippen LogP contribution >= 0.6 is 0 Å². The first-order chi connectivity index (χ1) is 13.1. The van der Waals surface area contributed by atoms with E-state index in [1.165, 1.54) is 0 Å². The van der Waals surface area contributed by atoms with Crippen LogP contribution in [0.1, 0.15) is 65.9 Å². The summed E-state index contributed by atoms with van der Waals surface area (Å²) in [4.78, 5) is 26.9. The van der Waals surface area contributed by atoms with Crippen LogP contribution in [0.15, 0.2) is 6.07 Å². The van der Waals surface area contributed by atoms with E-state index in [1.54, 1.807) is 0 Å². The Bertz CT molecular complexity index is 659. The van der Waals surface area contributed by atoms with Gasteiger partial charge in [-0.25, -0.2) is 9.97 Å². The van der Waals surface area contributed by atoms with E-state index in [4.69, 9.17) is 14.7 Å². The van der Waals surface area contributed by atoms with Crippen LogP contribution in [0.4, 0.5) is 5.82 Å². The van der Waals surface area contributed by atoms with E-state index >= 15 is 0 Å². The maximum absolute atomic E-state index is 12.8. The predicted octanol–water partition coefficient (Wildman–Crippen LogP) is 3.15. The molecule has 0 atom stereocenters. The fourth-order valence-corrected chi connectivity index (χ4v) is 3.71. The average Bonchev–Trinajstić information content (AvgIpc) is 2.66. The van der Waals surface area contributed by atoms with Gasteiger partial charge in [0.05, 0.1) is 18.9 Å². The summed E-state index contributed by atoms with van der Waals surface area (Å²) in [5.41, 5.74) is 0.956. The van der Waals surface area contributed by atoms with Crippen LogP contribution in [0.2, 0.25) is 0 Å². The van der Waals surface area contributed by atoms with Crippen molar-refractivity contribution in [2.24, 2.45) is 5.92 Å². The standard InChI is InChI=1S/C22H36N4O2/c1-21(2,3)17-15-18(24-20(23-17)22(4,5)6)25-9-7-16(8-10-25)19(27)26-11-13-28-14-12-26/h15-16H,7-14H2,1-6H3. The molecule has 2 aliphatic rings. The molecule has 1 aromatic rings. The molecule has 6 nitrogen and oxygen atoms in total. The third kappa shape index (κ3) is 4.83. The number of hydrogen-bond acceptors (Lipinski definition) is 5. The van der Waals surface area contributed by atoms with Gasteiger partial charge in [0, 0.05) is 49.0 Å². The van der Waals surface area contributed by atoms with E-state index in [-0.39, 0.29) is 16.7 Å². The van der Waals surface area contributed by atoms with Crippen molar-refractivity contribution in [2.75, 3.05) is 44.3 Å². The molecule has 3 heterocycles. The lowest BCUT2D eigenvalue weighted by Gasteiger charge is -2.36. The highest BCUT2D eigenvalue weighted by atomic mass is 16.5. The minimum absolute atomic E-state index is 0.0255. The molecule has 1 aromatic heterocycles. The van der Waals surface area contributed by atoms with Crippen molar-refractivity contribution in [1.82, 2.24) is 14.9 Å². The maximum atomic E-state index is 12.8. The van der Waals surface area contributed by atoms with Gasteiger partial charge < -0.3 is 14.5 Å². The fourth-order valence-electron chi connectivity index (χ4n) is 3.71. The number of aromatic nitrogens is 2. The largest absolute Gasteiger partial charge is 0.378 e. The molecule has 0 N–H and O–H groups in total. The highest BCUT2D eigenvalue weighted by Crippen LogP contribution is 2.30. The average molecular weight is 389 g/mol. The molecule has 0 radical (unpaired) electrons. The first-order valence-electron chi connectivity index (χ1n) is 10.6. The van der Waals surface area contributed by atoms with Crippen LogP contribution in [0.25, 0.3) is 0 Å². The molecule has 3 rings (SSSR count). The fraction of sp³-hybridized carbons (Fsp3) is 0.773. The number of nitrogens with zero attached hydrogens (tertiary/aromatic N) is 4. The molecule has 2 aliphatic heterocycles. The number of piperidine rings is 1. The summed E-state index contributed by atoms with van der Waals surface area (Å²) in [6.07, 6.45) is 1.77. The van der Waals surface area contributed by atoms with E-state index in [1.807, 2.05) is 4.90 Å². The number of morpholine rings is 1. The van der Waals surface area contributed by atoms with Crippen molar-refractivity contribution in [3.8, 4) is 0 Å². The minimum Gasteiger partial charge on any atom is -0.378 e. The van der Waals surface area contributed by atoms with E-state index < -0.39 is 0 Å². The van der Waals surface area contributed by atoms with Crippen LogP contribution in [-0.4, -0.2) is 60.2 Å². The third-order valence-corrected chi connectivity index (χ3v) is 5.64. The second kappa shape index (κ2) is 7.97. The Balaban J connectivity index is 1.73. The highest BCUT2D eigenvalue weighted by Gasteiger charge is 2.31. The lowest BCUT2D eigenvalue weighted by Crippen LogP contribution is -2.47. The smallest absolute Gasteiger partial charge is 0.225 e. The van der Waals surface area contributed by atoms with Gasteiger partial charge in [-0.15, -0.1) is 0 Å². The van der Waals surface area contributed by atoms with Crippen molar-refractivity contribution in [3.63, 3.8) is 0 Å². The molecule has 0 spiro atoms. The Labute approximate surface area is 169 Å². The van der Waals surface area contributed by atoms with Crippen LogP contribution in [0.3, 0.4) is 0 Å². The van der Waals surface area contributed by atoms with Gasteiger partial charge in [-0.3, -0.25) is 4.79 Å². The van der Waals surface area contributed by atoms with E-state index in [2.05, 4.69) is 52.5 Å². The maximum Gasteiger partial charge on any atom is 0.225 e. The number of carbonyl (C=O) groups is 1. The number of anilines is 1. The summed E-state index contributed by atoms with van der Waals surface area (Å²) in [5.74, 6) is 2.32. The molecule has 0 bridgehead atoms. The van der Waals surface area contributed by atoms with Gasteiger partial charge in [-0.1, -0.05) is 41.5 Å². The number of carbonyl (C=O) groups excluding carboxylic acids is 1. The zero-order valence-corrected chi connectivity index (χ0v) is 18.4. The predicted molar refractivity (Wildman–Crippen MR) is 112 cm³/mol. The van der Waals surface area contributed by atoms with Gasteiger partial charge in [-0.2, -0.15) is 0 Å². The van der Waals surface area contributed by atoms with Crippen molar-refractivity contribution < 1.29 is 9.53 Å². The monoisotopic (exact) mass is 388 g/mol. The summed E-state index contributed by atoms with van der Waals surface area (Å²) in [6, 6.07) is 2.14. The van der Waals surface area contributed by atoms with E-state index in [0.29, 0.717) is 19.1 Å². The summed E-state index contributed by atoms with van der Waals surface area (Å²) in [5, 5.41) is 0. The molecule has 0 aromatic carbocycles. The van der Waals surface area contributed by atoms with Gasteiger partial charge in [0.25, 0.3) is 0 Å². The van der Waals surface area contributed by atoms with Gasteiger partial charge in [0.15, 0.2) is 0 Å². The molecule has 6 heteroatoms. The Kier molecular flexibility index (Phi) is 5.99. The first-order valence-corrected chi connectivity index (χ1v) is 10.6. The summed E-state index contributed by atoms with van der Waals surface area (Å²) in [7, 11) is 0. The lowest BCUT2D eigenvalue weighted by molar-refractivity contribution is -0.140. The van der Waals surface area contributed by atoms with Crippen molar-refractivity contribution >= 4 is 11.7 Å². The molecule has 0 unspecified atom stereocenters. The summed E-state index contributed by atoms with van der Waals surface area (Å²) < 4.78 is 5.37. The van der Waals surface area contributed by atoms with Gasteiger partial charge in [0.2, 0.25) is 5.91 Å². The van der Waals surface area contributed by atoms with Crippen molar-refractivity contribution in [2.45, 2.75) is 65.2 Å². The number of hydrogen-bond donors (Lipinski definition) is 0. The molecule has 156 valence electrons. The zero-order valence-electron chi connectivity index (χ0n) is 18.4. The van der Waals surface area contributed by atoms with Crippen LogP contribution < -0.4 is 4.90 Å². The topological polar surface area (TPSA) is 58.6 Å². The molecule has 2 fully saturated rings. The quantitative estimate of drug-likeness (QED) is 0.779. The molecule has 1 amide bonds. The second-order valence-electron chi connectivity index (χ2n) is 10.1. The Morgan fingerprint density at radius 2 is 1.57 bits per heavy atom. The van der Waals surface area contributed by atoms with Gasteiger partial charge >= 0.3 is 0 Å². The molecular formula is C22H36N4O2. The van der Waals surface area contributed by atoms with Gasteiger partial charge in [0.1, 0.15) is 11.6 Å². The lowest BCUT2D eigenvalue weighted by atomic mass is 9.89. The SMILES string of the molecule is CC(C)(C)c1cc(N2CCC(C(=O)N3CCOCC3)CC2)nc(C(C)(C)C)n1. The Morgan fingerprint density at radius 3 is 2.11 bits per heavy atom.